The monoisotopic (exact) mass is 406 g/mol. The molecule has 1 fully saturated rings. The maximum Gasteiger partial charge on any atom is 0.433 e. The molecule has 154 valence electrons. The number of hydrogen-bond acceptors (Lipinski definition) is 4. The molecule has 0 unspecified atom stereocenters. The van der Waals surface area contributed by atoms with Crippen LogP contribution in [0.3, 0.4) is 0 Å². The van der Waals surface area contributed by atoms with Gasteiger partial charge in [-0.1, -0.05) is 19.0 Å². The molecule has 3 aromatic rings. The van der Waals surface area contributed by atoms with Crippen molar-refractivity contribution < 1.29 is 22.5 Å². The number of carbonyl (C=O) groups excluding carboxylic acids is 1. The molecule has 1 aliphatic rings. The molecule has 0 aromatic carbocycles. The third-order valence-electron chi connectivity index (χ3n) is 5.32. The van der Waals surface area contributed by atoms with E-state index in [9.17, 15) is 18.0 Å². The number of nitrogens with zero attached hydrogens (tertiary/aromatic N) is 3. The van der Waals surface area contributed by atoms with Gasteiger partial charge in [0.15, 0.2) is 5.69 Å². The number of fused-ring (bicyclic) bond motifs is 1. The first-order chi connectivity index (χ1) is 13.7. The lowest BCUT2D eigenvalue weighted by atomic mass is 9.93. The topological polar surface area (TPSA) is 75.0 Å². The quantitative estimate of drug-likeness (QED) is 0.683. The molecule has 3 aromatic heterocycles. The predicted molar refractivity (Wildman–Crippen MR) is 99.6 cm³/mol. The molecule has 1 aliphatic heterocycles. The Balaban J connectivity index is 1.44. The second-order valence-electron chi connectivity index (χ2n) is 7.69. The van der Waals surface area contributed by atoms with E-state index < -0.39 is 11.9 Å². The molecular formula is C20H21F3N4O2. The third kappa shape index (κ3) is 3.86. The van der Waals surface area contributed by atoms with Gasteiger partial charge in [0.05, 0.1) is 11.0 Å². The Morgan fingerprint density at radius 2 is 1.97 bits per heavy atom. The highest BCUT2D eigenvalue weighted by molar-refractivity contribution is 5.92. The van der Waals surface area contributed by atoms with Crippen LogP contribution in [0, 0.1) is 0 Å². The van der Waals surface area contributed by atoms with Crippen LogP contribution in [0.15, 0.2) is 28.8 Å². The largest absolute Gasteiger partial charge is 0.433 e. The molecule has 0 saturated carbocycles. The van der Waals surface area contributed by atoms with Gasteiger partial charge in [-0.2, -0.15) is 13.2 Å². The van der Waals surface area contributed by atoms with Crippen molar-refractivity contribution in [3.8, 4) is 0 Å². The lowest BCUT2D eigenvalue weighted by Gasteiger charge is -2.31. The number of likely N-dealkylation sites (tertiary alicyclic amines) is 1. The van der Waals surface area contributed by atoms with Gasteiger partial charge in [-0.3, -0.25) is 4.79 Å². The molecule has 1 amide bonds. The molecule has 0 radical (unpaired) electrons. The van der Waals surface area contributed by atoms with Gasteiger partial charge < -0.3 is 14.4 Å². The van der Waals surface area contributed by atoms with Gasteiger partial charge in [-0.05, 0) is 31.0 Å². The minimum atomic E-state index is -4.46. The fourth-order valence-electron chi connectivity index (χ4n) is 3.63. The summed E-state index contributed by atoms with van der Waals surface area (Å²) in [5.41, 5.74) is 1.14. The minimum absolute atomic E-state index is 0.131. The van der Waals surface area contributed by atoms with Crippen LogP contribution in [0.25, 0.3) is 11.0 Å². The summed E-state index contributed by atoms with van der Waals surface area (Å²) >= 11 is 0. The number of halogens is 3. The predicted octanol–water partition coefficient (Wildman–Crippen LogP) is 4.71. The lowest BCUT2D eigenvalue weighted by Crippen LogP contribution is -2.38. The Hall–Kier alpha value is -2.84. The van der Waals surface area contributed by atoms with E-state index in [-0.39, 0.29) is 17.7 Å². The van der Waals surface area contributed by atoms with Gasteiger partial charge in [0.25, 0.3) is 5.91 Å². The molecule has 29 heavy (non-hydrogen) atoms. The summed E-state index contributed by atoms with van der Waals surface area (Å²) in [7, 11) is 0. The Morgan fingerprint density at radius 1 is 1.24 bits per heavy atom. The number of aromatic amines is 1. The standard InChI is InChI=1S/C20H21F3N4O2/c1-11(2)17-10-16(26-29-17)19(28)27-7-5-12(6-8-27)14-9-15-13(24-14)3-4-18(25-15)20(21,22)23/h3-4,9-12,24H,5-8H2,1-2H3. The summed E-state index contributed by atoms with van der Waals surface area (Å²) in [4.78, 5) is 21.3. The zero-order chi connectivity index (χ0) is 20.8. The van der Waals surface area contributed by atoms with Gasteiger partial charge in [-0.15, -0.1) is 0 Å². The zero-order valence-corrected chi connectivity index (χ0v) is 16.1. The molecule has 1 N–H and O–H groups in total. The van der Waals surface area contributed by atoms with Gasteiger partial charge in [-0.25, -0.2) is 4.98 Å². The van der Waals surface area contributed by atoms with E-state index in [4.69, 9.17) is 4.52 Å². The van der Waals surface area contributed by atoms with Gasteiger partial charge in [0.2, 0.25) is 0 Å². The molecular weight excluding hydrogens is 385 g/mol. The number of piperidine rings is 1. The number of hydrogen-bond donors (Lipinski definition) is 1. The van der Waals surface area contributed by atoms with Crippen LogP contribution in [-0.4, -0.2) is 39.0 Å². The highest BCUT2D eigenvalue weighted by atomic mass is 19.4. The molecule has 0 bridgehead atoms. The highest BCUT2D eigenvalue weighted by Crippen LogP contribution is 2.32. The first-order valence-corrected chi connectivity index (χ1v) is 9.55. The average Bonchev–Trinajstić information content (AvgIpc) is 3.33. The smallest absolute Gasteiger partial charge is 0.360 e. The third-order valence-corrected chi connectivity index (χ3v) is 5.32. The summed E-state index contributed by atoms with van der Waals surface area (Å²) < 4.78 is 43.8. The maximum atomic E-state index is 12.9. The minimum Gasteiger partial charge on any atom is -0.360 e. The van der Waals surface area contributed by atoms with Crippen molar-refractivity contribution in [1.29, 1.82) is 0 Å². The van der Waals surface area contributed by atoms with Gasteiger partial charge in [0.1, 0.15) is 11.5 Å². The number of amides is 1. The van der Waals surface area contributed by atoms with Crippen molar-refractivity contribution in [2.75, 3.05) is 13.1 Å². The molecule has 1 saturated heterocycles. The van der Waals surface area contributed by atoms with E-state index in [0.29, 0.717) is 48.4 Å². The molecule has 9 heteroatoms. The van der Waals surface area contributed by atoms with Crippen molar-refractivity contribution in [2.45, 2.75) is 44.7 Å². The number of H-pyrrole nitrogens is 1. The summed E-state index contributed by atoms with van der Waals surface area (Å²) in [6.45, 7) is 5.02. The summed E-state index contributed by atoms with van der Waals surface area (Å²) in [5.74, 6) is 0.800. The van der Waals surface area contributed by atoms with Crippen LogP contribution in [0.5, 0.6) is 0 Å². The van der Waals surface area contributed by atoms with E-state index in [1.54, 1.807) is 17.0 Å². The molecule has 0 spiro atoms. The van der Waals surface area contributed by atoms with Crippen molar-refractivity contribution in [3.05, 3.63) is 47.1 Å². The number of pyridine rings is 1. The summed E-state index contributed by atoms with van der Waals surface area (Å²) in [6.07, 6.45) is -3.05. The Kier molecular flexibility index (Phi) is 4.84. The van der Waals surface area contributed by atoms with Crippen LogP contribution in [0.4, 0.5) is 13.2 Å². The van der Waals surface area contributed by atoms with E-state index in [1.165, 1.54) is 6.07 Å². The number of aromatic nitrogens is 3. The van der Waals surface area contributed by atoms with Crippen LogP contribution in [-0.2, 0) is 6.18 Å². The summed E-state index contributed by atoms with van der Waals surface area (Å²) in [6, 6.07) is 5.75. The van der Waals surface area contributed by atoms with E-state index in [2.05, 4.69) is 15.1 Å². The highest BCUT2D eigenvalue weighted by Gasteiger charge is 2.33. The van der Waals surface area contributed by atoms with Crippen LogP contribution in [0.2, 0.25) is 0 Å². The molecule has 6 nitrogen and oxygen atoms in total. The fourth-order valence-corrected chi connectivity index (χ4v) is 3.63. The van der Waals surface area contributed by atoms with E-state index >= 15 is 0 Å². The van der Waals surface area contributed by atoms with Gasteiger partial charge >= 0.3 is 6.18 Å². The first-order valence-electron chi connectivity index (χ1n) is 9.55. The Morgan fingerprint density at radius 3 is 2.59 bits per heavy atom. The van der Waals surface area contributed by atoms with Crippen LogP contribution in [0.1, 0.15) is 66.2 Å². The second-order valence-corrected chi connectivity index (χ2v) is 7.69. The summed E-state index contributed by atoms with van der Waals surface area (Å²) in [5, 5.41) is 3.87. The molecule has 0 atom stereocenters. The van der Waals surface area contributed by atoms with Crippen molar-refractivity contribution in [3.63, 3.8) is 0 Å². The number of carbonyl (C=O) groups is 1. The van der Waals surface area contributed by atoms with E-state index in [1.807, 2.05) is 13.8 Å². The van der Waals surface area contributed by atoms with Crippen LogP contribution >= 0.6 is 0 Å². The fraction of sp³-hybridized carbons (Fsp3) is 0.450. The second kappa shape index (κ2) is 7.20. The Labute approximate surface area is 165 Å². The molecule has 0 aliphatic carbocycles. The van der Waals surface area contributed by atoms with Crippen molar-refractivity contribution in [2.24, 2.45) is 0 Å². The molecule has 4 heterocycles. The number of rotatable bonds is 3. The average molecular weight is 406 g/mol. The lowest BCUT2D eigenvalue weighted by molar-refractivity contribution is -0.140. The van der Waals surface area contributed by atoms with Crippen molar-refractivity contribution in [1.82, 2.24) is 20.0 Å². The molecule has 4 rings (SSSR count). The SMILES string of the molecule is CC(C)c1cc(C(=O)N2CCC(c3cc4nc(C(F)(F)F)ccc4[nH]3)CC2)no1. The van der Waals surface area contributed by atoms with Crippen molar-refractivity contribution >= 4 is 16.9 Å². The van der Waals surface area contributed by atoms with E-state index in [0.717, 1.165) is 11.8 Å². The maximum absolute atomic E-state index is 12.9. The normalized spacial score (nSPS) is 16.1. The first kappa shape index (κ1) is 19.5. The number of alkyl halides is 3. The number of nitrogens with one attached hydrogen (secondary N) is 1. The van der Waals surface area contributed by atoms with Crippen LogP contribution < -0.4 is 0 Å². The van der Waals surface area contributed by atoms with Gasteiger partial charge in [0, 0.05) is 36.7 Å². The Bertz CT molecular complexity index is 1030. The zero-order valence-electron chi connectivity index (χ0n) is 16.1.